The molecule has 0 aliphatic rings. The van der Waals surface area contributed by atoms with E-state index in [-0.39, 0.29) is 0 Å². The lowest BCUT2D eigenvalue weighted by atomic mass is 10.1. The molecule has 0 aromatic heterocycles. The van der Waals surface area contributed by atoms with E-state index >= 15 is 0 Å². The summed E-state index contributed by atoms with van der Waals surface area (Å²) in [4.78, 5) is 61.6. The summed E-state index contributed by atoms with van der Waals surface area (Å²) in [5, 5.41) is 0. The summed E-state index contributed by atoms with van der Waals surface area (Å²) >= 11 is 0. The van der Waals surface area contributed by atoms with E-state index in [1.165, 1.54) is 24.3 Å². The third kappa shape index (κ3) is 5.22. The van der Waals surface area contributed by atoms with E-state index in [1.807, 2.05) is 0 Å². The van der Waals surface area contributed by atoms with E-state index in [2.05, 4.69) is 19.4 Å². The highest BCUT2D eigenvalue weighted by molar-refractivity contribution is 6.18. The zero-order valence-electron chi connectivity index (χ0n) is 13.0. The fraction of sp³-hybridized carbons (Fsp3) is 0. The van der Waals surface area contributed by atoms with E-state index in [4.69, 9.17) is 23.6 Å². The Kier molecular flexibility index (Phi) is 7.60. The topological polar surface area (TPSA) is 209 Å². The molecule has 12 heteroatoms. The lowest BCUT2D eigenvalue weighted by Gasteiger charge is -2.04. The monoisotopic (exact) mass is 366 g/mol. The molecular formula is C14H14N4O8. The van der Waals surface area contributed by atoms with Crippen molar-refractivity contribution in [2.24, 2.45) is 23.6 Å². The lowest BCUT2D eigenvalue weighted by molar-refractivity contribution is -0.149. The number of rotatable bonds is 6. The molecule has 1 aromatic rings. The van der Waals surface area contributed by atoms with Crippen LogP contribution in [0.5, 0.6) is 0 Å². The molecule has 0 aliphatic heterocycles. The summed E-state index contributed by atoms with van der Waals surface area (Å²) in [7, 11) is 0. The number of hydrogen-bond acceptors (Lipinski definition) is 12. The smallest absolute Gasteiger partial charge is 0.364 e. The number of carbonyl (C=O) groups excluding carboxylic acids is 4. The van der Waals surface area contributed by atoms with Gasteiger partial charge in [0.2, 0.25) is 0 Å². The summed E-state index contributed by atoms with van der Waals surface area (Å²) in [5.41, 5.74) is -0.426. The molecule has 1 rings (SSSR count). The van der Waals surface area contributed by atoms with Gasteiger partial charge in [-0.3, -0.25) is 0 Å². The first-order valence-corrected chi connectivity index (χ1v) is 6.55. The average molecular weight is 366 g/mol. The predicted molar refractivity (Wildman–Crippen MR) is 83.5 cm³/mol. The first-order valence-electron chi connectivity index (χ1n) is 6.55. The standard InChI is InChI=1S/C14H14N4O8/c15-23-11(19)9(12(20)24-16)5-7-1-2-8(4-3-7)6-10(13(21)25-17)14(22)26-18/h1-6H,15-18H2. The van der Waals surface area contributed by atoms with Crippen molar-refractivity contribution in [1.82, 2.24) is 0 Å². The Bertz CT molecular complexity index is 669. The molecule has 1 aromatic carbocycles. The minimum atomic E-state index is -1.16. The Morgan fingerprint density at radius 3 is 1.00 bits per heavy atom. The van der Waals surface area contributed by atoms with Gasteiger partial charge in [-0.05, 0) is 23.3 Å². The maximum absolute atomic E-state index is 11.4. The summed E-state index contributed by atoms with van der Waals surface area (Å²) in [5.74, 6) is 14.3. The van der Waals surface area contributed by atoms with Crippen LogP contribution >= 0.6 is 0 Å². The van der Waals surface area contributed by atoms with Crippen molar-refractivity contribution in [3.63, 3.8) is 0 Å². The molecule has 0 atom stereocenters. The van der Waals surface area contributed by atoms with Gasteiger partial charge in [0.1, 0.15) is 11.1 Å². The Morgan fingerprint density at radius 2 is 0.808 bits per heavy atom. The van der Waals surface area contributed by atoms with Crippen LogP contribution in [0.4, 0.5) is 0 Å². The fourth-order valence-corrected chi connectivity index (χ4v) is 1.68. The van der Waals surface area contributed by atoms with E-state index in [1.54, 1.807) is 0 Å². The molecule has 0 saturated heterocycles. The maximum Gasteiger partial charge on any atom is 0.364 e. The summed E-state index contributed by atoms with van der Waals surface area (Å²) < 4.78 is 0. The summed E-state index contributed by atoms with van der Waals surface area (Å²) in [6, 6.07) is 5.72. The molecule has 8 N–H and O–H groups in total. The summed E-state index contributed by atoms with van der Waals surface area (Å²) in [6.45, 7) is 0. The molecule has 138 valence electrons. The number of hydrogen-bond donors (Lipinski definition) is 4. The van der Waals surface area contributed by atoms with Crippen LogP contribution in [0.1, 0.15) is 11.1 Å². The van der Waals surface area contributed by atoms with E-state index in [0.29, 0.717) is 11.1 Å². The predicted octanol–water partition coefficient (Wildman–Crippen LogP) is -1.88. The molecule has 26 heavy (non-hydrogen) atoms. The quantitative estimate of drug-likeness (QED) is 0.189. The Balaban J connectivity index is 3.21. The van der Waals surface area contributed by atoms with Crippen molar-refractivity contribution in [3.05, 3.63) is 46.5 Å². The van der Waals surface area contributed by atoms with Crippen LogP contribution in [0.2, 0.25) is 0 Å². The van der Waals surface area contributed by atoms with Gasteiger partial charge >= 0.3 is 23.9 Å². The van der Waals surface area contributed by atoms with Crippen molar-refractivity contribution in [2.45, 2.75) is 0 Å². The first-order chi connectivity index (χ1) is 12.4. The zero-order chi connectivity index (χ0) is 19.7. The van der Waals surface area contributed by atoms with Crippen LogP contribution in [0, 0.1) is 0 Å². The normalized spacial score (nSPS) is 9.38. The molecule has 0 spiro atoms. The van der Waals surface area contributed by atoms with Gasteiger partial charge in [0.05, 0.1) is 0 Å². The van der Waals surface area contributed by atoms with Crippen LogP contribution in [0.25, 0.3) is 12.2 Å². The molecule has 0 fully saturated rings. The third-order valence-corrected chi connectivity index (χ3v) is 2.87. The van der Waals surface area contributed by atoms with E-state index in [0.717, 1.165) is 12.2 Å². The Hall–Kier alpha value is -3.58. The molecule has 0 bridgehead atoms. The van der Waals surface area contributed by atoms with Crippen LogP contribution in [-0.2, 0) is 38.5 Å². The zero-order valence-corrected chi connectivity index (χ0v) is 13.0. The lowest BCUT2D eigenvalue weighted by Crippen LogP contribution is -2.22. The highest BCUT2D eigenvalue weighted by Gasteiger charge is 2.22. The third-order valence-electron chi connectivity index (χ3n) is 2.87. The SMILES string of the molecule is NOC(=O)C(=Cc1ccc(C=C(C(=O)ON)C(=O)ON)cc1)C(=O)ON. The van der Waals surface area contributed by atoms with Gasteiger partial charge in [-0.1, -0.05) is 24.3 Å². The molecule has 0 aliphatic carbocycles. The Labute approximate surface area is 145 Å². The second-order valence-corrected chi connectivity index (χ2v) is 4.40. The second-order valence-electron chi connectivity index (χ2n) is 4.40. The number of benzene rings is 1. The van der Waals surface area contributed by atoms with Crippen molar-refractivity contribution in [2.75, 3.05) is 0 Å². The Morgan fingerprint density at radius 1 is 0.577 bits per heavy atom. The molecule has 0 saturated carbocycles. The molecule has 0 unspecified atom stereocenters. The minimum Gasteiger partial charge on any atom is -0.369 e. The second kappa shape index (κ2) is 9.65. The van der Waals surface area contributed by atoms with Crippen molar-refractivity contribution in [3.8, 4) is 0 Å². The van der Waals surface area contributed by atoms with Gasteiger partial charge in [-0.25, -0.2) is 19.2 Å². The first kappa shape index (κ1) is 20.5. The highest BCUT2D eigenvalue weighted by Crippen LogP contribution is 2.14. The molecule has 0 amide bonds. The van der Waals surface area contributed by atoms with Gasteiger partial charge in [0.15, 0.2) is 0 Å². The molecule has 12 nitrogen and oxygen atoms in total. The van der Waals surface area contributed by atoms with Crippen molar-refractivity contribution in [1.29, 1.82) is 0 Å². The minimum absolute atomic E-state index is 0.345. The summed E-state index contributed by atoms with van der Waals surface area (Å²) in [6.07, 6.45) is 2.20. The largest absolute Gasteiger partial charge is 0.369 e. The van der Waals surface area contributed by atoms with Crippen LogP contribution in [0.3, 0.4) is 0 Å². The highest BCUT2D eigenvalue weighted by atomic mass is 16.7. The van der Waals surface area contributed by atoms with Gasteiger partial charge in [-0.15, -0.1) is 0 Å². The van der Waals surface area contributed by atoms with Crippen LogP contribution in [0.15, 0.2) is 35.4 Å². The molecule has 0 heterocycles. The van der Waals surface area contributed by atoms with Gasteiger partial charge in [0, 0.05) is 0 Å². The maximum atomic E-state index is 11.4. The number of carbonyl (C=O) groups is 4. The van der Waals surface area contributed by atoms with Gasteiger partial charge in [-0.2, -0.15) is 23.6 Å². The molecule has 0 radical (unpaired) electrons. The van der Waals surface area contributed by atoms with Crippen molar-refractivity contribution < 1.29 is 38.5 Å². The average Bonchev–Trinajstić information content (AvgIpc) is 2.68. The number of nitrogens with two attached hydrogens (primary N) is 4. The van der Waals surface area contributed by atoms with Gasteiger partial charge < -0.3 is 19.4 Å². The van der Waals surface area contributed by atoms with E-state index in [9.17, 15) is 19.2 Å². The fourth-order valence-electron chi connectivity index (χ4n) is 1.68. The van der Waals surface area contributed by atoms with E-state index < -0.39 is 35.0 Å². The van der Waals surface area contributed by atoms with Gasteiger partial charge in [0.25, 0.3) is 0 Å². The van der Waals surface area contributed by atoms with Crippen LogP contribution < -0.4 is 23.6 Å². The molecular weight excluding hydrogens is 352 g/mol. The van der Waals surface area contributed by atoms with Crippen LogP contribution in [-0.4, -0.2) is 23.9 Å². The van der Waals surface area contributed by atoms with Crippen molar-refractivity contribution >= 4 is 36.0 Å².